The van der Waals surface area contributed by atoms with E-state index in [1.165, 1.54) is 12.1 Å². The molecule has 1 aromatic rings. The average molecular weight is 334 g/mol. The molecule has 130 valence electrons. The van der Waals surface area contributed by atoms with Crippen LogP contribution in [0.2, 0.25) is 0 Å². The molecule has 2 N–H and O–H groups in total. The molecule has 1 heterocycles. The SMILES string of the molecule is CCCCCCOC(=O)C1=C(C)NC(=O)NC1c1ccc(F)cc1. The van der Waals surface area contributed by atoms with Gasteiger partial charge in [-0.3, -0.25) is 0 Å². The van der Waals surface area contributed by atoms with E-state index in [1.54, 1.807) is 19.1 Å². The number of nitrogens with one attached hydrogen (secondary N) is 2. The number of esters is 1. The highest BCUT2D eigenvalue weighted by Crippen LogP contribution is 2.27. The summed E-state index contributed by atoms with van der Waals surface area (Å²) >= 11 is 0. The van der Waals surface area contributed by atoms with Gasteiger partial charge in [-0.2, -0.15) is 0 Å². The first-order valence-corrected chi connectivity index (χ1v) is 8.23. The summed E-state index contributed by atoms with van der Waals surface area (Å²) in [6, 6.07) is 4.64. The normalized spacial score (nSPS) is 17.3. The van der Waals surface area contributed by atoms with Crippen molar-refractivity contribution in [1.29, 1.82) is 0 Å². The van der Waals surface area contributed by atoms with Gasteiger partial charge in [-0.25, -0.2) is 14.0 Å². The highest BCUT2D eigenvalue weighted by atomic mass is 19.1. The third-order valence-electron chi connectivity index (χ3n) is 3.92. The highest BCUT2D eigenvalue weighted by Gasteiger charge is 2.32. The molecule has 0 saturated heterocycles. The fraction of sp³-hybridized carbons (Fsp3) is 0.444. The molecule has 1 aliphatic heterocycles. The van der Waals surface area contributed by atoms with Crippen molar-refractivity contribution in [3.8, 4) is 0 Å². The first-order chi connectivity index (χ1) is 11.5. The first-order valence-electron chi connectivity index (χ1n) is 8.23. The highest BCUT2D eigenvalue weighted by molar-refractivity contribution is 5.95. The lowest BCUT2D eigenvalue weighted by Crippen LogP contribution is -2.45. The molecule has 0 saturated carbocycles. The second-order valence-corrected chi connectivity index (χ2v) is 5.82. The molecule has 24 heavy (non-hydrogen) atoms. The Hall–Kier alpha value is -2.37. The fourth-order valence-electron chi connectivity index (χ4n) is 2.64. The molecule has 2 rings (SSSR count). The van der Waals surface area contributed by atoms with Crippen molar-refractivity contribution in [3.05, 3.63) is 46.9 Å². The number of carbonyl (C=O) groups is 2. The number of unbranched alkanes of at least 4 members (excludes halogenated alkanes) is 3. The maximum Gasteiger partial charge on any atom is 0.338 e. The van der Waals surface area contributed by atoms with Crippen molar-refractivity contribution in [3.63, 3.8) is 0 Å². The van der Waals surface area contributed by atoms with Crippen LogP contribution >= 0.6 is 0 Å². The first kappa shape index (κ1) is 18.0. The third kappa shape index (κ3) is 4.57. The molecule has 0 aromatic heterocycles. The van der Waals surface area contributed by atoms with E-state index in [1.807, 2.05) is 0 Å². The lowest BCUT2D eigenvalue weighted by atomic mass is 9.95. The Balaban J connectivity index is 2.13. The molecule has 1 unspecified atom stereocenters. The quantitative estimate of drug-likeness (QED) is 0.592. The number of rotatable bonds is 7. The molecule has 0 aliphatic carbocycles. The second kappa shape index (κ2) is 8.47. The van der Waals surface area contributed by atoms with Crippen LogP contribution in [0.15, 0.2) is 35.5 Å². The van der Waals surface area contributed by atoms with Crippen LogP contribution in [0.25, 0.3) is 0 Å². The van der Waals surface area contributed by atoms with E-state index in [0.29, 0.717) is 23.4 Å². The van der Waals surface area contributed by atoms with Crippen LogP contribution in [-0.2, 0) is 9.53 Å². The number of hydrogen-bond acceptors (Lipinski definition) is 3. The van der Waals surface area contributed by atoms with Crippen LogP contribution in [0.1, 0.15) is 51.1 Å². The molecule has 5 nitrogen and oxygen atoms in total. The van der Waals surface area contributed by atoms with Crippen molar-refractivity contribution >= 4 is 12.0 Å². The maximum absolute atomic E-state index is 13.1. The monoisotopic (exact) mass is 334 g/mol. The van der Waals surface area contributed by atoms with Gasteiger partial charge in [0.05, 0.1) is 18.2 Å². The molecule has 0 spiro atoms. The van der Waals surface area contributed by atoms with Crippen LogP contribution in [-0.4, -0.2) is 18.6 Å². The average Bonchev–Trinajstić information content (AvgIpc) is 2.54. The zero-order valence-corrected chi connectivity index (χ0v) is 14.0. The molecule has 1 aliphatic rings. The standard InChI is InChI=1S/C18H23FN2O3/c1-3-4-5-6-11-24-17(22)15-12(2)20-18(23)21-16(15)13-7-9-14(19)10-8-13/h7-10,16H,3-6,11H2,1-2H3,(H2,20,21,23). The van der Waals surface area contributed by atoms with Crippen molar-refractivity contribution < 1.29 is 18.7 Å². The predicted molar refractivity (Wildman–Crippen MR) is 88.6 cm³/mol. The van der Waals surface area contributed by atoms with E-state index >= 15 is 0 Å². The number of carbonyl (C=O) groups excluding carboxylic acids is 2. The van der Waals surface area contributed by atoms with Crippen LogP contribution in [0.4, 0.5) is 9.18 Å². The molecule has 0 bridgehead atoms. The van der Waals surface area contributed by atoms with Crippen LogP contribution < -0.4 is 10.6 Å². The smallest absolute Gasteiger partial charge is 0.338 e. The zero-order valence-electron chi connectivity index (χ0n) is 14.0. The van der Waals surface area contributed by atoms with Gasteiger partial charge in [-0.05, 0) is 31.0 Å². The third-order valence-corrected chi connectivity index (χ3v) is 3.92. The summed E-state index contributed by atoms with van der Waals surface area (Å²) in [5.41, 5.74) is 1.42. The number of urea groups is 1. The lowest BCUT2D eigenvalue weighted by molar-refractivity contribution is -0.139. The van der Waals surface area contributed by atoms with E-state index in [-0.39, 0.29) is 5.82 Å². The fourth-order valence-corrected chi connectivity index (χ4v) is 2.64. The van der Waals surface area contributed by atoms with Gasteiger partial charge in [0.2, 0.25) is 0 Å². The van der Waals surface area contributed by atoms with Crippen LogP contribution in [0.3, 0.4) is 0 Å². The minimum atomic E-state index is -0.650. The molecule has 0 radical (unpaired) electrons. The van der Waals surface area contributed by atoms with E-state index < -0.39 is 18.0 Å². The molecule has 2 amide bonds. The lowest BCUT2D eigenvalue weighted by Gasteiger charge is -2.28. The van der Waals surface area contributed by atoms with Gasteiger partial charge >= 0.3 is 12.0 Å². The number of ether oxygens (including phenoxy) is 1. The van der Waals surface area contributed by atoms with Crippen molar-refractivity contribution in [2.45, 2.75) is 45.6 Å². The Morgan fingerprint density at radius 2 is 1.92 bits per heavy atom. The molecule has 0 fully saturated rings. The minimum Gasteiger partial charge on any atom is -0.462 e. The van der Waals surface area contributed by atoms with Gasteiger partial charge in [0.1, 0.15) is 5.82 Å². The second-order valence-electron chi connectivity index (χ2n) is 5.82. The molecular formula is C18H23FN2O3. The summed E-state index contributed by atoms with van der Waals surface area (Å²) in [6.07, 6.45) is 4.04. The van der Waals surface area contributed by atoms with Gasteiger partial charge in [-0.1, -0.05) is 38.3 Å². The number of halogens is 1. The van der Waals surface area contributed by atoms with Crippen LogP contribution in [0, 0.1) is 5.82 Å². The Morgan fingerprint density at radius 3 is 2.58 bits per heavy atom. The van der Waals surface area contributed by atoms with Crippen molar-refractivity contribution in [2.24, 2.45) is 0 Å². The number of benzene rings is 1. The molecular weight excluding hydrogens is 311 g/mol. The van der Waals surface area contributed by atoms with E-state index in [4.69, 9.17) is 4.74 Å². The maximum atomic E-state index is 13.1. The number of amides is 2. The summed E-state index contributed by atoms with van der Waals surface area (Å²) in [5, 5.41) is 5.28. The van der Waals surface area contributed by atoms with E-state index in [9.17, 15) is 14.0 Å². The van der Waals surface area contributed by atoms with E-state index in [2.05, 4.69) is 17.6 Å². The van der Waals surface area contributed by atoms with Gasteiger partial charge in [0, 0.05) is 5.70 Å². The van der Waals surface area contributed by atoms with Crippen molar-refractivity contribution in [2.75, 3.05) is 6.61 Å². The van der Waals surface area contributed by atoms with Crippen LogP contribution in [0.5, 0.6) is 0 Å². The summed E-state index contributed by atoms with van der Waals surface area (Å²) in [7, 11) is 0. The zero-order chi connectivity index (χ0) is 17.5. The largest absolute Gasteiger partial charge is 0.462 e. The topological polar surface area (TPSA) is 67.4 Å². The Labute approximate surface area is 141 Å². The van der Waals surface area contributed by atoms with Gasteiger partial charge in [-0.15, -0.1) is 0 Å². The molecule has 1 aromatic carbocycles. The van der Waals surface area contributed by atoms with Gasteiger partial charge < -0.3 is 15.4 Å². The van der Waals surface area contributed by atoms with Gasteiger partial charge in [0.25, 0.3) is 0 Å². The number of hydrogen-bond donors (Lipinski definition) is 2. The summed E-state index contributed by atoms with van der Waals surface area (Å²) in [4.78, 5) is 24.2. The summed E-state index contributed by atoms with van der Waals surface area (Å²) < 4.78 is 18.5. The van der Waals surface area contributed by atoms with Crippen molar-refractivity contribution in [1.82, 2.24) is 10.6 Å². The number of allylic oxidation sites excluding steroid dienone is 1. The molecule has 6 heteroatoms. The summed E-state index contributed by atoms with van der Waals surface area (Å²) in [5.74, 6) is -0.842. The predicted octanol–water partition coefficient (Wildman–Crippen LogP) is 3.58. The van der Waals surface area contributed by atoms with Gasteiger partial charge in [0.15, 0.2) is 0 Å². The van der Waals surface area contributed by atoms with E-state index in [0.717, 1.165) is 25.7 Å². The minimum absolute atomic E-state index is 0.344. The summed E-state index contributed by atoms with van der Waals surface area (Å²) in [6.45, 7) is 4.12. The Morgan fingerprint density at radius 1 is 1.21 bits per heavy atom. The Kier molecular flexibility index (Phi) is 6.35. The molecule has 1 atom stereocenters. The Bertz CT molecular complexity index is 626.